The second-order valence-corrected chi connectivity index (χ2v) is 3.48. The molecule has 0 unspecified atom stereocenters. The number of hydrogen-bond acceptors (Lipinski definition) is 3. The summed E-state index contributed by atoms with van der Waals surface area (Å²) in [7, 11) is 0. The van der Waals surface area contributed by atoms with Crippen LogP contribution in [0.2, 0.25) is 0 Å². The molecule has 0 aliphatic rings. The first-order valence-corrected chi connectivity index (χ1v) is 4.44. The van der Waals surface area contributed by atoms with Crippen molar-refractivity contribution in [3.8, 4) is 6.07 Å². The van der Waals surface area contributed by atoms with E-state index in [2.05, 4.69) is 11.1 Å². The van der Waals surface area contributed by atoms with Crippen LogP contribution in [0.4, 0.5) is 0 Å². The summed E-state index contributed by atoms with van der Waals surface area (Å²) in [6.45, 7) is 1.86. The molecule has 0 aromatic carbocycles. The first-order chi connectivity index (χ1) is 5.81. The number of hydrogen-bond donors (Lipinski definition) is 0. The van der Waals surface area contributed by atoms with Crippen LogP contribution in [0.5, 0.6) is 0 Å². The Morgan fingerprint density at radius 3 is 3.17 bits per heavy atom. The summed E-state index contributed by atoms with van der Waals surface area (Å²) >= 11 is 1.61. The molecule has 0 saturated heterocycles. The van der Waals surface area contributed by atoms with E-state index < -0.39 is 0 Å². The van der Waals surface area contributed by atoms with Gasteiger partial charge in [0, 0.05) is 0 Å². The highest BCUT2D eigenvalue weighted by molar-refractivity contribution is 7.17. The number of pyridine rings is 1. The maximum Gasteiger partial charge on any atom is 0.101 e. The highest BCUT2D eigenvalue weighted by Crippen LogP contribution is 2.20. The van der Waals surface area contributed by atoms with Crippen molar-refractivity contribution in [2.45, 2.75) is 6.92 Å². The second-order valence-electron chi connectivity index (χ2n) is 2.54. The summed E-state index contributed by atoms with van der Waals surface area (Å²) in [4.78, 5) is 4.29. The SMILES string of the molecule is Cc1nc2ccsc2cc1C#N. The molecular formula is C9H6N2S. The molecule has 0 bridgehead atoms. The third-order valence-corrected chi connectivity index (χ3v) is 2.60. The lowest BCUT2D eigenvalue weighted by Gasteiger charge is -1.94. The minimum absolute atomic E-state index is 0.671. The number of nitrogens with zero attached hydrogens (tertiary/aromatic N) is 2. The van der Waals surface area contributed by atoms with Crippen LogP contribution >= 0.6 is 11.3 Å². The maximum atomic E-state index is 8.73. The summed E-state index contributed by atoms with van der Waals surface area (Å²) in [5.41, 5.74) is 2.46. The molecule has 3 heteroatoms. The van der Waals surface area contributed by atoms with Gasteiger partial charge in [-0.1, -0.05) is 0 Å². The van der Waals surface area contributed by atoms with E-state index in [4.69, 9.17) is 5.26 Å². The molecular weight excluding hydrogens is 168 g/mol. The highest BCUT2D eigenvalue weighted by Gasteiger charge is 2.02. The standard InChI is InChI=1S/C9H6N2S/c1-6-7(5-10)4-9-8(11-6)2-3-12-9/h2-4H,1H3. The van der Waals surface area contributed by atoms with Crippen molar-refractivity contribution in [1.82, 2.24) is 4.98 Å². The van der Waals surface area contributed by atoms with E-state index in [0.29, 0.717) is 5.56 Å². The van der Waals surface area contributed by atoms with E-state index in [-0.39, 0.29) is 0 Å². The van der Waals surface area contributed by atoms with Crippen LogP contribution in [0, 0.1) is 18.3 Å². The molecule has 0 amide bonds. The lowest BCUT2D eigenvalue weighted by molar-refractivity contribution is 1.23. The summed E-state index contributed by atoms with van der Waals surface area (Å²) in [5, 5.41) is 10.7. The Morgan fingerprint density at radius 1 is 1.58 bits per heavy atom. The minimum atomic E-state index is 0.671. The maximum absolute atomic E-state index is 8.73. The first kappa shape index (κ1) is 7.26. The van der Waals surface area contributed by atoms with Gasteiger partial charge in [-0.3, -0.25) is 4.98 Å². The van der Waals surface area contributed by atoms with Crippen molar-refractivity contribution in [1.29, 1.82) is 5.26 Å². The molecule has 0 spiro atoms. The monoisotopic (exact) mass is 174 g/mol. The van der Waals surface area contributed by atoms with Crippen LogP contribution in [-0.4, -0.2) is 4.98 Å². The van der Waals surface area contributed by atoms with Gasteiger partial charge in [-0.2, -0.15) is 5.26 Å². The number of fused-ring (bicyclic) bond motifs is 1. The molecule has 0 saturated carbocycles. The molecule has 12 heavy (non-hydrogen) atoms. The normalized spacial score (nSPS) is 10.0. The van der Waals surface area contributed by atoms with Crippen LogP contribution in [0.25, 0.3) is 10.2 Å². The van der Waals surface area contributed by atoms with E-state index in [0.717, 1.165) is 15.9 Å². The van der Waals surface area contributed by atoms with E-state index in [1.807, 2.05) is 24.4 Å². The molecule has 2 heterocycles. The average Bonchev–Trinajstić information content (AvgIpc) is 2.49. The van der Waals surface area contributed by atoms with Crippen molar-refractivity contribution in [2.75, 3.05) is 0 Å². The van der Waals surface area contributed by atoms with E-state index in [9.17, 15) is 0 Å². The minimum Gasteiger partial charge on any atom is -0.251 e. The Hall–Kier alpha value is -1.40. The van der Waals surface area contributed by atoms with Gasteiger partial charge >= 0.3 is 0 Å². The lowest BCUT2D eigenvalue weighted by Crippen LogP contribution is -1.85. The van der Waals surface area contributed by atoms with Gasteiger partial charge in [0.25, 0.3) is 0 Å². The van der Waals surface area contributed by atoms with E-state index >= 15 is 0 Å². The fraction of sp³-hybridized carbons (Fsp3) is 0.111. The van der Waals surface area contributed by atoms with Crippen molar-refractivity contribution in [3.63, 3.8) is 0 Å². The zero-order valence-electron chi connectivity index (χ0n) is 6.53. The summed E-state index contributed by atoms with van der Waals surface area (Å²) in [5.74, 6) is 0. The molecule has 0 aliphatic heterocycles. The summed E-state index contributed by atoms with van der Waals surface area (Å²) in [6, 6.07) is 5.98. The van der Waals surface area contributed by atoms with Gasteiger partial charge in [-0.25, -0.2) is 0 Å². The fourth-order valence-corrected chi connectivity index (χ4v) is 1.87. The number of nitriles is 1. The third-order valence-electron chi connectivity index (χ3n) is 1.75. The number of aromatic nitrogens is 1. The lowest BCUT2D eigenvalue weighted by atomic mass is 10.2. The Balaban J connectivity index is 2.84. The Kier molecular flexibility index (Phi) is 1.56. The van der Waals surface area contributed by atoms with Crippen LogP contribution < -0.4 is 0 Å². The fourth-order valence-electron chi connectivity index (χ4n) is 1.10. The number of thiophene rings is 1. The zero-order valence-corrected chi connectivity index (χ0v) is 7.35. The third kappa shape index (κ3) is 0.973. The summed E-state index contributed by atoms with van der Waals surface area (Å²) in [6.07, 6.45) is 0. The van der Waals surface area contributed by atoms with Gasteiger partial charge in [0.2, 0.25) is 0 Å². The molecule has 0 aliphatic carbocycles. The molecule has 0 radical (unpaired) electrons. The topological polar surface area (TPSA) is 36.7 Å². The second kappa shape index (κ2) is 2.58. The molecule has 2 aromatic heterocycles. The van der Waals surface area contributed by atoms with Crippen LogP contribution in [0.15, 0.2) is 17.5 Å². The van der Waals surface area contributed by atoms with Crippen molar-refractivity contribution in [3.05, 3.63) is 28.8 Å². The van der Waals surface area contributed by atoms with Crippen molar-refractivity contribution >= 4 is 21.6 Å². The van der Waals surface area contributed by atoms with Gasteiger partial charge in [-0.15, -0.1) is 11.3 Å². The Bertz CT molecular complexity index is 465. The smallest absolute Gasteiger partial charge is 0.101 e. The van der Waals surface area contributed by atoms with Gasteiger partial charge in [-0.05, 0) is 24.4 Å². The van der Waals surface area contributed by atoms with Gasteiger partial charge < -0.3 is 0 Å². The largest absolute Gasteiger partial charge is 0.251 e. The van der Waals surface area contributed by atoms with Gasteiger partial charge in [0.1, 0.15) is 6.07 Å². The zero-order chi connectivity index (χ0) is 8.55. The van der Waals surface area contributed by atoms with Gasteiger partial charge in [0.15, 0.2) is 0 Å². The van der Waals surface area contributed by atoms with E-state index in [1.54, 1.807) is 11.3 Å². The number of rotatable bonds is 0. The van der Waals surface area contributed by atoms with Crippen LogP contribution in [0.1, 0.15) is 11.3 Å². The molecule has 2 nitrogen and oxygen atoms in total. The predicted molar refractivity (Wildman–Crippen MR) is 49.1 cm³/mol. The Morgan fingerprint density at radius 2 is 2.42 bits per heavy atom. The molecule has 2 aromatic rings. The molecule has 58 valence electrons. The number of aryl methyl sites for hydroxylation is 1. The van der Waals surface area contributed by atoms with E-state index in [1.165, 1.54) is 0 Å². The molecule has 2 rings (SSSR count). The van der Waals surface area contributed by atoms with Crippen molar-refractivity contribution in [2.24, 2.45) is 0 Å². The highest BCUT2D eigenvalue weighted by atomic mass is 32.1. The average molecular weight is 174 g/mol. The molecule has 0 atom stereocenters. The van der Waals surface area contributed by atoms with Crippen LogP contribution in [0.3, 0.4) is 0 Å². The first-order valence-electron chi connectivity index (χ1n) is 3.56. The predicted octanol–water partition coefficient (Wildman–Crippen LogP) is 2.48. The molecule has 0 fully saturated rings. The van der Waals surface area contributed by atoms with Crippen LogP contribution in [-0.2, 0) is 0 Å². The summed E-state index contributed by atoms with van der Waals surface area (Å²) < 4.78 is 1.08. The van der Waals surface area contributed by atoms with Crippen molar-refractivity contribution < 1.29 is 0 Å². The molecule has 0 N–H and O–H groups in total. The van der Waals surface area contributed by atoms with Gasteiger partial charge in [0.05, 0.1) is 21.5 Å². The Labute approximate surface area is 74.1 Å². The quantitative estimate of drug-likeness (QED) is 0.615.